The lowest BCUT2D eigenvalue weighted by atomic mass is 9.69. The van der Waals surface area contributed by atoms with Crippen LogP contribution in [0.3, 0.4) is 0 Å². The van der Waals surface area contributed by atoms with Gasteiger partial charge in [-0.05, 0) is 72.9 Å². The second kappa shape index (κ2) is 10.6. The molecule has 7 aromatic rings. The smallest absolute Gasteiger partial charge is 0.160 e. The molecule has 1 aliphatic carbocycles. The average Bonchev–Trinajstić information content (AvgIpc) is 3.62. The molecule has 0 saturated carbocycles. The number of hydrogen-bond donors (Lipinski definition) is 0. The summed E-state index contributed by atoms with van der Waals surface area (Å²) in [5, 5.41) is 1.37. The highest BCUT2D eigenvalue weighted by molar-refractivity contribution is 8.00. The van der Waals surface area contributed by atoms with Crippen LogP contribution < -0.4 is 0 Å². The molecule has 0 radical (unpaired) electrons. The van der Waals surface area contributed by atoms with Gasteiger partial charge in [0, 0.05) is 44.3 Å². The van der Waals surface area contributed by atoms with Crippen LogP contribution in [0.2, 0.25) is 0 Å². The minimum atomic E-state index is -0.0634. The maximum absolute atomic E-state index is 5.08. The molecule has 2 aliphatic rings. The summed E-state index contributed by atoms with van der Waals surface area (Å²) in [5.74, 6) is 1.76. The molecule has 0 bridgehead atoms. The molecule has 0 spiro atoms. The summed E-state index contributed by atoms with van der Waals surface area (Å²) in [5.41, 5.74) is 11.9. The molecule has 5 aromatic carbocycles. The minimum Gasteiger partial charge on any atom is -0.312 e. The van der Waals surface area contributed by atoms with Gasteiger partial charge >= 0.3 is 0 Å². The lowest BCUT2D eigenvalue weighted by Crippen LogP contribution is -2.35. The van der Waals surface area contributed by atoms with Crippen molar-refractivity contribution in [2.75, 3.05) is 0 Å². The van der Waals surface area contributed by atoms with E-state index < -0.39 is 0 Å². The van der Waals surface area contributed by atoms with Gasteiger partial charge in [-0.15, -0.1) is 11.8 Å². The van der Waals surface area contributed by atoms with Crippen molar-refractivity contribution >= 4 is 22.7 Å². The molecule has 46 heavy (non-hydrogen) atoms. The monoisotopic (exact) mass is 611 g/mol. The molecule has 0 fully saturated rings. The van der Waals surface area contributed by atoms with Crippen LogP contribution in [0.1, 0.15) is 36.6 Å². The van der Waals surface area contributed by atoms with Gasteiger partial charge in [-0.2, -0.15) is 0 Å². The van der Waals surface area contributed by atoms with Crippen molar-refractivity contribution in [1.29, 1.82) is 0 Å². The summed E-state index contributed by atoms with van der Waals surface area (Å²) >= 11 is 2.05. The van der Waals surface area contributed by atoms with Gasteiger partial charge in [0.15, 0.2) is 5.82 Å². The first-order valence-corrected chi connectivity index (χ1v) is 16.9. The quantitative estimate of drug-likeness (QED) is 0.198. The standard InChI is InChI=1S/C42H33N3S/c1-27-25-34-32-17-9-11-19-37(32)45(40(34)42(2)39(27)33-18-10-12-20-38(33)46-42)31-23-21-30(22-24-31)41-43-35(28-13-5-3-6-14-28)26-36(44-41)29-15-7-4-8-16-29/h3-24,26-27,39H,25H2,1-2H3. The maximum Gasteiger partial charge on any atom is 0.160 e. The highest BCUT2D eigenvalue weighted by Gasteiger charge is 2.53. The molecule has 3 atom stereocenters. The SMILES string of the molecule is CC1Cc2c(n(-c3ccc(-c4nc(-c5ccccc5)cc(-c5ccccc5)n4)cc3)c3ccccc23)C2(C)Sc3ccccc3C12. The van der Waals surface area contributed by atoms with Crippen molar-refractivity contribution in [2.45, 2.75) is 35.8 Å². The van der Waals surface area contributed by atoms with Crippen LogP contribution in [0.15, 0.2) is 144 Å². The fraction of sp³-hybridized carbons (Fsp3) is 0.143. The van der Waals surface area contributed by atoms with Crippen LogP contribution in [-0.2, 0) is 11.2 Å². The second-order valence-corrected chi connectivity index (χ2v) is 14.3. The Bertz CT molecular complexity index is 2180. The molecule has 4 heteroatoms. The van der Waals surface area contributed by atoms with E-state index in [9.17, 15) is 0 Å². The Morgan fingerprint density at radius 2 is 1.28 bits per heavy atom. The van der Waals surface area contributed by atoms with Crippen molar-refractivity contribution in [3.63, 3.8) is 0 Å². The number of nitrogens with zero attached hydrogens (tertiary/aromatic N) is 3. The summed E-state index contributed by atoms with van der Waals surface area (Å²) in [6.07, 6.45) is 1.08. The number of thioether (sulfide) groups is 1. The molecule has 9 rings (SSSR count). The molecule has 0 N–H and O–H groups in total. The summed E-state index contributed by atoms with van der Waals surface area (Å²) in [6, 6.07) is 49.8. The van der Waals surface area contributed by atoms with Gasteiger partial charge in [-0.3, -0.25) is 0 Å². The van der Waals surface area contributed by atoms with Crippen LogP contribution >= 0.6 is 11.8 Å². The summed E-state index contributed by atoms with van der Waals surface area (Å²) < 4.78 is 2.48. The lowest BCUT2D eigenvalue weighted by Gasteiger charge is -2.41. The van der Waals surface area contributed by atoms with E-state index in [4.69, 9.17) is 9.97 Å². The Morgan fingerprint density at radius 1 is 0.674 bits per heavy atom. The Kier molecular flexibility index (Phi) is 6.29. The van der Waals surface area contributed by atoms with Gasteiger partial charge in [-0.25, -0.2) is 9.97 Å². The Hall–Kier alpha value is -4.93. The van der Waals surface area contributed by atoms with E-state index in [0.29, 0.717) is 11.8 Å². The number of fused-ring (bicyclic) bond motifs is 7. The topological polar surface area (TPSA) is 30.7 Å². The van der Waals surface area contributed by atoms with E-state index >= 15 is 0 Å². The van der Waals surface area contributed by atoms with Crippen molar-refractivity contribution in [3.05, 3.63) is 156 Å². The van der Waals surface area contributed by atoms with E-state index in [2.05, 4.69) is 158 Å². The summed E-state index contributed by atoms with van der Waals surface area (Å²) in [7, 11) is 0. The fourth-order valence-electron chi connectivity index (χ4n) is 8.06. The molecule has 3 heterocycles. The molecule has 3 nitrogen and oxygen atoms in total. The van der Waals surface area contributed by atoms with Crippen molar-refractivity contribution in [1.82, 2.24) is 14.5 Å². The predicted molar refractivity (Wildman–Crippen MR) is 190 cm³/mol. The Labute approximate surface area is 274 Å². The third-order valence-electron chi connectivity index (χ3n) is 9.96. The number of para-hydroxylation sites is 1. The van der Waals surface area contributed by atoms with E-state index in [0.717, 1.165) is 40.3 Å². The van der Waals surface area contributed by atoms with Gasteiger partial charge in [0.25, 0.3) is 0 Å². The van der Waals surface area contributed by atoms with Crippen LogP contribution in [0.25, 0.3) is 50.5 Å². The van der Waals surface area contributed by atoms with Gasteiger partial charge in [0.2, 0.25) is 0 Å². The highest BCUT2D eigenvalue weighted by Crippen LogP contribution is 2.65. The van der Waals surface area contributed by atoms with E-state index in [1.54, 1.807) is 0 Å². The molecule has 0 amide bonds. The van der Waals surface area contributed by atoms with Gasteiger partial charge in [0.05, 0.1) is 21.7 Å². The zero-order valence-electron chi connectivity index (χ0n) is 25.9. The highest BCUT2D eigenvalue weighted by atomic mass is 32.2. The van der Waals surface area contributed by atoms with Crippen molar-refractivity contribution in [3.8, 4) is 39.6 Å². The van der Waals surface area contributed by atoms with Gasteiger partial charge < -0.3 is 4.57 Å². The Balaban J connectivity index is 1.19. The van der Waals surface area contributed by atoms with E-state index in [1.165, 1.54) is 38.3 Å². The van der Waals surface area contributed by atoms with Crippen LogP contribution in [0, 0.1) is 5.92 Å². The van der Waals surface area contributed by atoms with Crippen molar-refractivity contribution in [2.24, 2.45) is 5.92 Å². The van der Waals surface area contributed by atoms with Crippen LogP contribution in [0.5, 0.6) is 0 Å². The van der Waals surface area contributed by atoms with Gasteiger partial charge in [-0.1, -0.05) is 104 Å². The molecular weight excluding hydrogens is 579 g/mol. The summed E-state index contributed by atoms with van der Waals surface area (Å²) in [4.78, 5) is 11.6. The molecule has 3 unspecified atom stereocenters. The largest absolute Gasteiger partial charge is 0.312 e. The predicted octanol–water partition coefficient (Wildman–Crippen LogP) is 10.7. The zero-order valence-corrected chi connectivity index (χ0v) is 26.7. The van der Waals surface area contributed by atoms with Crippen molar-refractivity contribution < 1.29 is 0 Å². The van der Waals surface area contributed by atoms with E-state index in [1.807, 2.05) is 12.1 Å². The van der Waals surface area contributed by atoms with Gasteiger partial charge in [0.1, 0.15) is 0 Å². The minimum absolute atomic E-state index is 0.0634. The molecule has 0 saturated heterocycles. The molecule has 2 aromatic heterocycles. The first-order valence-electron chi connectivity index (χ1n) is 16.1. The molecular formula is C42H33N3S. The number of rotatable bonds is 4. The normalized spacial score (nSPS) is 19.9. The first kappa shape index (κ1) is 27.4. The zero-order chi connectivity index (χ0) is 30.8. The number of benzene rings is 5. The van der Waals surface area contributed by atoms with Crippen LogP contribution in [0.4, 0.5) is 0 Å². The fourth-order valence-corrected chi connectivity index (χ4v) is 9.77. The lowest BCUT2D eigenvalue weighted by molar-refractivity contribution is 0.350. The molecule has 1 aliphatic heterocycles. The third-order valence-corrected chi connectivity index (χ3v) is 11.4. The Morgan fingerprint density at radius 3 is 1.98 bits per heavy atom. The number of hydrogen-bond acceptors (Lipinski definition) is 3. The number of aromatic nitrogens is 3. The molecule has 222 valence electrons. The third kappa shape index (κ3) is 4.20. The summed E-state index contributed by atoms with van der Waals surface area (Å²) in [6.45, 7) is 4.93. The van der Waals surface area contributed by atoms with E-state index in [-0.39, 0.29) is 4.75 Å². The first-order chi connectivity index (χ1) is 22.6. The average molecular weight is 612 g/mol. The van der Waals surface area contributed by atoms with Crippen LogP contribution in [-0.4, -0.2) is 14.5 Å². The second-order valence-electron chi connectivity index (χ2n) is 12.8. The maximum atomic E-state index is 5.08.